The van der Waals surface area contributed by atoms with Crippen molar-refractivity contribution in [3.05, 3.63) is 30.3 Å². The van der Waals surface area contributed by atoms with Gasteiger partial charge in [0.15, 0.2) is 6.29 Å². The van der Waals surface area contributed by atoms with E-state index in [2.05, 4.69) is 0 Å². The SMILES string of the molecule is O=CC(=S)CCCCCCCCCCOc1ccccc1. The lowest BCUT2D eigenvalue weighted by Gasteiger charge is -2.05. The Hall–Kier alpha value is -1.22. The lowest BCUT2D eigenvalue weighted by molar-refractivity contribution is -0.102. The summed E-state index contributed by atoms with van der Waals surface area (Å²) in [5, 5.41) is 0. The second-order valence-electron chi connectivity index (χ2n) is 5.32. The Morgan fingerprint density at radius 1 is 0.905 bits per heavy atom. The fraction of sp³-hybridized carbons (Fsp3) is 0.556. The van der Waals surface area contributed by atoms with Gasteiger partial charge in [0.05, 0.1) is 11.5 Å². The molecule has 0 saturated heterocycles. The second kappa shape index (κ2) is 12.5. The van der Waals surface area contributed by atoms with E-state index in [-0.39, 0.29) is 0 Å². The van der Waals surface area contributed by atoms with E-state index in [1.54, 1.807) is 0 Å². The monoisotopic (exact) mass is 306 g/mol. The predicted molar refractivity (Wildman–Crippen MR) is 92.2 cm³/mol. The molecule has 0 unspecified atom stereocenters. The van der Waals surface area contributed by atoms with Gasteiger partial charge in [0, 0.05) is 0 Å². The van der Waals surface area contributed by atoms with Gasteiger partial charge in [-0.15, -0.1) is 0 Å². The van der Waals surface area contributed by atoms with Gasteiger partial charge < -0.3 is 4.74 Å². The number of hydrogen-bond acceptors (Lipinski definition) is 3. The summed E-state index contributed by atoms with van der Waals surface area (Å²) in [5.41, 5.74) is 0. The van der Waals surface area contributed by atoms with Crippen molar-refractivity contribution in [2.75, 3.05) is 6.61 Å². The normalized spacial score (nSPS) is 10.3. The number of ether oxygens (including phenoxy) is 1. The molecule has 116 valence electrons. The highest BCUT2D eigenvalue weighted by Gasteiger charge is 1.96. The molecule has 0 bridgehead atoms. The molecule has 2 nitrogen and oxygen atoms in total. The van der Waals surface area contributed by atoms with Crippen LogP contribution in [0.5, 0.6) is 5.75 Å². The smallest absolute Gasteiger partial charge is 0.156 e. The van der Waals surface area contributed by atoms with Gasteiger partial charge >= 0.3 is 0 Å². The van der Waals surface area contributed by atoms with Crippen molar-refractivity contribution in [1.82, 2.24) is 0 Å². The minimum atomic E-state index is 0.563. The van der Waals surface area contributed by atoms with E-state index in [9.17, 15) is 4.79 Å². The van der Waals surface area contributed by atoms with Crippen molar-refractivity contribution in [2.24, 2.45) is 0 Å². The third-order valence-corrected chi connectivity index (χ3v) is 3.76. The molecule has 0 aliphatic heterocycles. The highest BCUT2D eigenvalue weighted by atomic mass is 32.1. The van der Waals surface area contributed by atoms with Crippen LogP contribution in [0.15, 0.2) is 30.3 Å². The molecule has 0 aromatic heterocycles. The molecular weight excluding hydrogens is 280 g/mol. The van der Waals surface area contributed by atoms with Crippen LogP contribution in [0.25, 0.3) is 0 Å². The van der Waals surface area contributed by atoms with Crippen LogP contribution in [-0.4, -0.2) is 17.8 Å². The van der Waals surface area contributed by atoms with Crippen LogP contribution in [0.2, 0.25) is 0 Å². The predicted octanol–water partition coefficient (Wildman–Crippen LogP) is 5.15. The van der Waals surface area contributed by atoms with E-state index in [4.69, 9.17) is 17.0 Å². The zero-order valence-electron chi connectivity index (χ0n) is 12.8. The van der Waals surface area contributed by atoms with Gasteiger partial charge in [-0.2, -0.15) is 0 Å². The fourth-order valence-electron chi connectivity index (χ4n) is 2.23. The third kappa shape index (κ3) is 10.2. The van der Waals surface area contributed by atoms with Crippen LogP contribution in [0.3, 0.4) is 0 Å². The van der Waals surface area contributed by atoms with E-state index < -0.39 is 0 Å². The second-order valence-corrected chi connectivity index (χ2v) is 5.85. The standard InChI is InChI=1S/C18H26O2S/c19-16-18(21)14-10-5-3-1-2-4-6-11-15-20-17-12-8-7-9-13-17/h7-9,12-13,16H,1-6,10-11,14-15H2. The van der Waals surface area contributed by atoms with E-state index in [0.29, 0.717) is 4.86 Å². The van der Waals surface area contributed by atoms with Gasteiger partial charge in [-0.3, -0.25) is 4.79 Å². The average molecular weight is 306 g/mol. The van der Waals surface area contributed by atoms with Gasteiger partial charge in [0.25, 0.3) is 0 Å². The van der Waals surface area contributed by atoms with E-state index in [1.807, 2.05) is 30.3 Å². The summed E-state index contributed by atoms with van der Waals surface area (Å²) >= 11 is 4.87. The van der Waals surface area contributed by atoms with Gasteiger partial charge in [-0.25, -0.2) is 0 Å². The Morgan fingerprint density at radius 2 is 1.48 bits per heavy atom. The molecule has 0 heterocycles. The first-order valence-corrected chi connectivity index (χ1v) is 8.39. The number of unbranched alkanes of at least 4 members (excludes halogenated alkanes) is 7. The van der Waals surface area contributed by atoms with E-state index in [0.717, 1.165) is 37.9 Å². The van der Waals surface area contributed by atoms with Crippen molar-refractivity contribution in [2.45, 2.75) is 57.8 Å². The Kier molecular flexibility index (Phi) is 10.6. The first kappa shape index (κ1) is 17.8. The number of rotatable bonds is 13. The molecule has 0 atom stereocenters. The molecule has 21 heavy (non-hydrogen) atoms. The molecule has 0 spiro atoms. The largest absolute Gasteiger partial charge is 0.494 e. The number of thiocarbonyl (C=S) groups is 1. The number of aldehydes is 1. The maximum absolute atomic E-state index is 10.3. The first-order chi connectivity index (χ1) is 10.3. The van der Waals surface area contributed by atoms with Crippen LogP contribution in [0.4, 0.5) is 0 Å². The third-order valence-electron chi connectivity index (χ3n) is 3.46. The molecule has 0 aliphatic rings. The number of hydrogen-bond donors (Lipinski definition) is 0. The Bertz CT molecular complexity index is 389. The van der Waals surface area contributed by atoms with Gasteiger partial charge in [-0.1, -0.05) is 68.9 Å². The van der Waals surface area contributed by atoms with Crippen LogP contribution in [-0.2, 0) is 4.79 Å². The zero-order chi connectivity index (χ0) is 15.2. The summed E-state index contributed by atoms with van der Waals surface area (Å²) in [6.45, 7) is 0.813. The Labute approximate surface area is 133 Å². The molecule has 0 aliphatic carbocycles. The molecule has 1 aromatic rings. The molecular formula is C18H26O2S. The number of carbonyl (C=O) groups excluding carboxylic acids is 1. The van der Waals surface area contributed by atoms with Crippen LogP contribution >= 0.6 is 12.2 Å². The van der Waals surface area contributed by atoms with Crippen LogP contribution in [0, 0.1) is 0 Å². The first-order valence-electron chi connectivity index (χ1n) is 7.99. The molecule has 1 aromatic carbocycles. The highest BCUT2D eigenvalue weighted by Crippen LogP contribution is 2.12. The lowest BCUT2D eigenvalue weighted by atomic mass is 10.1. The minimum Gasteiger partial charge on any atom is -0.494 e. The molecule has 3 heteroatoms. The maximum atomic E-state index is 10.3. The Morgan fingerprint density at radius 3 is 2.10 bits per heavy atom. The number of para-hydroxylation sites is 1. The van der Waals surface area contributed by atoms with Crippen molar-refractivity contribution >= 4 is 23.4 Å². The highest BCUT2D eigenvalue weighted by molar-refractivity contribution is 7.81. The van der Waals surface area contributed by atoms with E-state index in [1.165, 1.54) is 38.5 Å². The summed E-state index contributed by atoms with van der Waals surface area (Å²) in [5.74, 6) is 0.964. The van der Waals surface area contributed by atoms with Crippen molar-refractivity contribution < 1.29 is 9.53 Å². The van der Waals surface area contributed by atoms with Crippen molar-refractivity contribution in [1.29, 1.82) is 0 Å². The Balaban J connectivity index is 1.80. The molecule has 1 rings (SSSR count). The maximum Gasteiger partial charge on any atom is 0.156 e. The van der Waals surface area contributed by atoms with Crippen LogP contribution < -0.4 is 4.74 Å². The van der Waals surface area contributed by atoms with Gasteiger partial charge in [-0.05, 0) is 31.4 Å². The van der Waals surface area contributed by atoms with Gasteiger partial charge in [0.2, 0.25) is 0 Å². The molecule has 0 N–H and O–H groups in total. The molecule has 0 radical (unpaired) electrons. The van der Waals surface area contributed by atoms with Gasteiger partial charge in [0.1, 0.15) is 5.75 Å². The average Bonchev–Trinajstić information content (AvgIpc) is 2.53. The topological polar surface area (TPSA) is 26.3 Å². The van der Waals surface area contributed by atoms with E-state index >= 15 is 0 Å². The van der Waals surface area contributed by atoms with Crippen molar-refractivity contribution in [3.8, 4) is 5.75 Å². The lowest BCUT2D eigenvalue weighted by Crippen LogP contribution is -1.97. The summed E-state index contributed by atoms with van der Waals surface area (Å²) in [7, 11) is 0. The van der Waals surface area contributed by atoms with Crippen molar-refractivity contribution in [3.63, 3.8) is 0 Å². The summed E-state index contributed by atoms with van der Waals surface area (Å²) in [6.07, 6.45) is 11.3. The molecule has 0 saturated carbocycles. The molecule has 0 fully saturated rings. The van der Waals surface area contributed by atoms with Crippen LogP contribution in [0.1, 0.15) is 57.8 Å². The number of carbonyl (C=O) groups is 1. The zero-order valence-corrected chi connectivity index (χ0v) is 13.6. The summed E-state index contributed by atoms with van der Waals surface area (Å²) in [4.78, 5) is 10.9. The minimum absolute atomic E-state index is 0.563. The quantitative estimate of drug-likeness (QED) is 0.286. The molecule has 0 amide bonds. The number of benzene rings is 1. The fourth-order valence-corrected chi connectivity index (χ4v) is 2.37. The summed E-state index contributed by atoms with van der Waals surface area (Å²) in [6, 6.07) is 9.99. The summed E-state index contributed by atoms with van der Waals surface area (Å²) < 4.78 is 5.66.